The van der Waals surface area contributed by atoms with Crippen LogP contribution < -0.4 is 0 Å². The summed E-state index contributed by atoms with van der Waals surface area (Å²) >= 11 is 1.53. The van der Waals surface area contributed by atoms with Gasteiger partial charge in [-0.3, -0.25) is 4.40 Å². The maximum atomic E-state index is 11.3. The lowest BCUT2D eigenvalue weighted by molar-refractivity contribution is 0.0685. The first-order valence-electron chi connectivity index (χ1n) is 6.07. The van der Waals surface area contributed by atoms with E-state index in [9.17, 15) is 9.90 Å². The summed E-state index contributed by atoms with van der Waals surface area (Å²) in [4.78, 5) is 15.7. The molecular weight excluding hydrogens is 248 g/mol. The van der Waals surface area contributed by atoms with Gasteiger partial charge in [0.1, 0.15) is 10.7 Å². The normalized spacial score (nSPS) is 10.9. The second-order valence-corrected chi connectivity index (χ2v) is 5.14. The molecular formula is C13H16N2O2S. The largest absolute Gasteiger partial charge is 0.476 e. The first-order valence-corrected chi connectivity index (χ1v) is 7.05. The van der Waals surface area contributed by atoms with E-state index >= 15 is 0 Å². The molecule has 0 saturated heterocycles. The number of aromatic nitrogens is 2. The van der Waals surface area contributed by atoms with Gasteiger partial charge in [0, 0.05) is 6.20 Å². The molecule has 2 rings (SSSR count). The average Bonchev–Trinajstić information content (AvgIpc) is 2.73. The number of aromatic carboxylic acids is 1. The van der Waals surface area contributed by atoms with E-state index < -0.39 is 5.97 Å². The zero-order valence-electron chi connectivity index (χ0n) is 10.3. The van der Waals surface area contributed by atoms with Crippen molar-refractivity contribution < 1.29 is 9.90 Å². The lowest BCUT2D eigenvalue weighted by atomic mass is 10.3. The van der Waals surface area contributed by atoms with Gasteiger partial charge in [-0.1, -0.05) is 25.8 Å². The summed E-state index contributed by atoms with van der Waals surface area (Å²) in [5.74, 6) is -0.00968. The molecule has 2 aromatic rings. The molecule has 18 heavy (non-hydrogen) atoms. The Labute approximate surface area is 110 Å². The van der Waals surface area contributed by atoms with Gasteiger partial charge in [-0.15, -0.1) is 11.8 Å². The highest BCUT2D eigenvalue weighted by Crippen LogP contribution is 2.24. The quantitative estimate of drug-likeness (QED) is 0.642. The maximum Gasteiger partial charge on any atom is 0.355 e. The minimum Gasteiger partial charge on any atom is -0.476 e. The summed E-state index contributed by atoms with van der Waals surface area (Å²) in [7, 11) is 0. The number of hydrogen-bond donors (Lipinski definition) is 1. The second kappa shape index (κ2) is 5.91. The van der Waals surface area contributed by atoms with Crippen LogP contribution in [0.1, 0.15) is 36.7 Å². The van der Waals surface area contributed by atoms with Crippen LogP contribution in [-0.4, -0.2) is 26.2 Å². The average molecular weight is 264 g/mol. The van der Waals surface area contributed by atoms with Gasteiger partial charge < -0.3 is 5.11 Å². The molecule has 96 valence electrons. The maximum absolute atomic E-state index is 11.3. The molecule has 0 aliphatic heterocycles. The minimum absolute atomic E-state index is 0.270. The Kier molecular flexibility index (Phi) is 4.25. The molecule has 0 aliphatic rings. The molecule has 0 atom stereocenters. The Bertz CT molecular complexity index is 551. The van der Waals surface area contributed by atoms with Crippen LogP contribution in [0.25, 0.3) is 5.65 Å². The van der Waals surface area contributed by atoms with Crippen LogP contribution in [0, 0.1) is 0 Å². The first kappa shape index (κ1) is 13.0. The van der Waals surface area contributed by atoms with E-state index in [1.54, 1.807) is 10.6 Å². The number of nitrogens with zero attached hydrogens (tertiary/aromatic N) is 2. The third-order valence-corrected chi connectivity index (χ3v) is 3.74. The zero-order valence-corrected chi connectivity index (χ0v) is 11.1. The van der Waals surface area contributed by atoms with Crippen LogP contribution in [0.3, 0.4) is 0 Å². The molecule has 0 bridgehead atoms. The number of unbranched alkanes of at least 4 members (excludes halogenated alkanes) is 2. The standard InChI is InChI=1S/C13H16N2O2S/c1-2-3-6-9-18-12-11(13(16)17)15-8-5-4-7-10(15)14-12/h4-5,7-8H,2-3,6,9H2,1H3,(H,16,17). The van der Waals surface area contributed by atoms with Crippen molar-refractivity contribution in [1.82, 2.24) is 9.38 Å². The van der Waals surface area contributed by atoms with Gasteiger partial charge in [0.15, 0.2) is 5.69 Å². The molecule has 2 aromatic heterocycles. The van der Waals surface area contributed by atoms with Crippen LogP contribution >= 0.6 is 11.8 Å². The van der Waals surface area contributed by atoms with E-state index in [0.29, 0.717) is 10.7 Å². The van der Waals surface area contributed by atoms with Crippen molar-refractivity contribution in [3.05, 3.63) is 30.1 Å². The summed E-state index contributed by atoms with van der Waals surface area (Å²) in [5, 5.41) is 9.90. The Morgan fingerprint density at radius 1 is 1.44 bits per heavy atom. The predicted molar refractivity (Wildman–Crippen MR) is 72.4 cm³/mol. The summed E-state index contributed by atoms with van der Waals surface area (Å²) in [6.45, 7) is 2.15. The van der Waals surface area contributed by atoms with Gasteiger partial charge >= 0.3 is 5.97 Å². The summed E-state index contributed by atoms with van der Waals surface area (Å²) < 4.78 is 1.63. The van der Waals surface area contributed by atoms with Gasteiger partial charge in [0.05, 0.1) is 0 Å². The smallest absolute Gasteiger partial charge is 0.355 e. The van der Waals surface area contributed by atoms with E-state index in [1.165, 1.54) is 18.2 Å². The van der Waals surface area contributed by atoms with Crippen molar-refractivity contribution in [3.63, 3.8) is 0 Å². The van der Waals surface area contributed by atoms with E-state index in [2.05, 4.69) is 11.9 Å². The number of carbonyl (C=O) groups is 1. The summed E-state index contributed by atoms with van der Waals surface area (Å²) in [6, 6.07) is 5.49. The van der Waals surface area contributed by atoms with E-state index in [0.717, 1.165) is 18.6 Å². The van der Waals surface area contributed by atoms with Crippen LogP contribution in [0.4, 0.5) is 0 Å². The molecule has 0 fully saturated rings. The Morgan fingerprint density at radius 3 is 3.00 bits per heavy atom. The van der Waals surface area contributed by atoms with Crippen molar-refractivity contribution in [2.24, 2.45) is 0 Å². The van der Waals surface area contributed by atoms with Crippen molar-refractivity contribution in [1.29, 1.82) is 0 Å². The molecule has 5 heteroatoms. The Morgan fingerprint density at radius 2 is 2.28 bits per heavy atom. The lowest BCUT2D eigenvalue weighted by Crippen LogP contribution is -2.03. The number of hydrogen-bond acceptors (Lipinski definition) is 3. The Hall–Kier alpha value is -1.49. The highest BCUT2D eigenvalue weighted by molar-refractivity contribution is 7.99. The van der Waals surface area contributed by atoms with Crippen molar-refractivity contribution in [2.45, 2.75) is 31.2 Å². The Balaban J connectivity index is 2.25. The molecule has 4 nitrogen and oxygen atoms in total. The van der Waals surface area contributed by atoms with Gasteiger partial charge in [-0.2, -0.15) is 0 Å². The van der Waals surface area contributed by atoms with Gasteiger partial charge in [-0.25, -0.2) is 9.78 Å². The van der Waals surface area contributed by atoms with E-state index in [1.807, 2.05) is 18.2 Å². The molecule has 0 saturated carbocycles. The predicted octanol–water partition coefficient (Wildman–Crippen LogP) is 3.31. The topological polar surface area (TPSA) is 54.6 Å². The third-order valence-electron chi connectivity index (χ3n) is 2.69. The van der Waals surface area contributed by atoms with Gasteiger partial charge in [0.2, 0.25) is 0 Å². The third kappa shape index (κ3) is 2.67. The van der Waals surface area contributed by atoms with Gasteiger partial charge in [0.25, 0.3) is 0 Å². The molecule has 0 unspecified atom stereocenters. The van der Waals surface area contributed by atoms with Crippen molar-refractivity contribution >= 4 is 23.4 Å². The molecule has 0 amide bonds. The fourth-order valence-corrected chi connectivity index (χ4v) is 2.81. The van der Waals surface area contributed by atoms with Gasteiger partial charge in [-0.05, 0) is 24.3 Å². The minimum atomic E-state index is -0.924. The molecule has 1 N–H and O–H groups in total. The number of fused-ring (bicyclic) bond motifs is 1. The van der Waals surface area contributed by atoms with Crippen LogP contribution in [-0.2, 0) is 0 Å². The SMILES string of the molecule is CCCCCSc1nc2ccccn2c1C(=O)O. The fraction of sp³-hybridized carbons (Fsp3) is 0.385. The molecule has 0 radical (unpaired) electrons. The van der Waals surface area contributed by atoms with E-state index in [-0.39, 0.29) is 5.69 Å². The second-order valence-electron chi connectivity index (χ2n) is 4.06. The first-order chi connectivity index (χ1) is 8.74. The lowest BCUT2D eigenvalue weighted by Gasteiger charge is -1.99. The van der Waals surface area contributed by atoms with Crippen LogP contribution in [0.5, 0.6) is 0 Å². The van der Waals surface area contributed by atoms with Crippen molar-refractivity contribution in [2.75, 3.05) is 5.75 Å². The molecule has 0 aliphatic carbocycles. The molecule has 0 spiro atoms. The number of imidazole rings is 1. The number of pyridine rings is 1. The molecule has 2 heterocycles. The van der Waals surface area contributed by atoms with Crippen LogP contribution in [0.2, 0.25) is 0 Å². The molecule has 0 aromatic carbocycles. The van der Waals surface area contributed by atoms with E-state index in [4.69, 9.17) is 0 Å². The highest BCUT2D eigenvalue weighted by Gasteiger charge is 2.18. The number of carboxylic acids is 1. The summed E-state index contributed by atoms with van der Waals surface area (Å²) in [6.07, 6.45) is 5.16. The number of thioether (sulfide) groups is 1. The van der Waals surface area contributed by atoms with Crippen LogP contribution in [0.15, 0.2) is 29.4 Å². The fourth-order valence-electron chi connectivity index (χ4n) is 1.79. The summed E-state index contributed by atoms with van der Waals surface area (Å²) in [5.41, 5.74) is 0.958. The zero-order chi connectivity index (χ0) is 13.0. The monoisotopic (exact) mass is 264 g/mol. The highest BCUT2D eigenvalue weighted by atomic mass is 32.2. The number of rotatable bonds is 6. The number of carboxylic acid groups (broad SMARTS) is 1. The van der Waals surface area contributed by atoms with Crippen molar-refractivity contribution in [3.8, 4) is 0 Å².